The van der Waals surface area contributed by atoms with E-state index in [4.69, 9.17) is 9.84 Å². The fraction of sp³-hybridized carbons (Fsp3) is 0.562. The van der Waals surface area contributed by atoms with Crippen molar-refractivity contribution in [2.45, 2.75) is 39.4 Å². The standard InChI is InChI=1S/C16H24O3S/c1-11(2)15(16(17)18)20-9-5-8-19-14-7-6-12(3)13(4)10-14/h6-7,10-11,15H,5,8-9H2,1-4H3,(H,17,18). The van der Waals surface area contributed by atoms with Crippen LogP contribution in [0.4, 0.5) is 0 Å². The molecule has 0 amide bonds. The zero-order valence-electron chi connectivity index (χ0n) is 12.7. The Kier molecular flexibility index (Phi) is 6.93. The lowest BCUT2D eigenvalue weighted by Gasteiger charge is -2.15. The first-order valence-electron chi connectivity index (χ1n) is 6.96. The maximum absolute atomic E-state index is 11.0. The maximum Gasteiger partial charge on any atom is 0.316 e. The quantitative estimate of drug-likeness (QED) is 0.739. The highest BCUT2D eigenvalue weighted by molar-refractivity contribution is 8.00. The van der Waals surface area contributed by atoms with Crippen LogP contribution in [0.2, 0.25) is 0 Å². The van der Waals surface area contributed by atoms with Crippen molar-refractivity contribution in [2.24, 2.45) is 5.92 Å². The van der Waals surface area contributed by atoms with Crippen LogP contribution in [0, 0.1) is 19.8 Å². The SMILES string of the molecule is Cc1ccc(OCCCSC(C(=O)O)C(C)C)cc1C. The third kappa shape index (κ3) is 5.45. The smallest absolute Gasteiger partial charge is 0.316 e. The molecule has 4 heteroatoms. The summed E-state index contributed by atoms with van der Waals surface area (Å²) in [5.74, 6) is 1.12. The topological polar surface area (TPSA) is 46.5 Å². The molecule has 0 fully saturated rings. The van der Waals surface area contributed by atoms with Crippen molar-refractivity contribution >= 4 is 17.7 Å². The number of hydrogen-bond donors (Lipinski definition) is 1. The van der Waals surface area contributed by atoms with Crippen LogP contribution < -0.4 is 4.74 Å². The number of aryl methyl sites for hydroxylation is 2. The molecule has 1 unspecified atom stereocenters. The summed E-state index contributed by atoms with van der Waals surface area (Å²) >= 11 is 1.50. The lowest BCUT2D eigenvalue weighted by atomic mass is 10.1. The Morgan fingerprint density at radius 1 is 1.30 bits per heavy atom. The van der Waals surface area contributed by atoms with Crippen LogP contribution in [-0.4, -0.2) is 28.7 Å². The third-order valence-electron chi connectivity index (χ3n) is 3.18. The van der Waals surface area contributed by atoms with Crippen molar-refractivity contribution in [1.82, 2.24) is 0 Å². The number of aliphatic carboxylic acids is 1. The summed E-state index contributed by atoms with van der Waals surface area (Å²) < 4.78 is 5.68. The molecule has 0 bridgehead atoms. The van der Waals surface area contributed by atoms with Gasteiger partial charge in [0.15, 0.2) is 0 Å². The van der Waals surface area contributed by atoms with Crippen molar-refractivity contribution in [3.8, 4) is 5.75 Å². The van der Waals surface area contributed by atoms with Crippen LogP contribution in [0.1, 0.15) is 31.4 Å². The molecule has 1 aromatic carbocycles. The Labute approximate surface area is 125 Å². The minimum Gasteiger partial charge on any atom is -0.494 e. The van der Waals surface area contributed by atoms with Gasteiger partial charge >= 0.3 is 5.97 Å². The van der Waals surface area contributed by atoms with Gasteiger partial charge in [-0.2, -0.15) is 0 Å². The van der Waals surface area contributed by atoms with E-state index in [1.54, 1.807) is 0 Å². The van der Waals surface area contributed by atoms with E-state index in [9.17, 15) is 4.79 Å². The fourth-order valence-corrected chi connectivity index (χ4v) is 2.88. The Hall–Kier alpha value is -1.16. The first kappa shape index (κ1) is 16.9. The molecule has 0 saturated heterocycles. The van der Waals surface area contributed by atoms with Crippen LogP contribution >= 0.6 is 11.8 Å². The molecule has 0 aliphatic rings. The molecule has 0 radical (unpaired) electrons. The van der Waals surface area contributed by atoms with Crippen LogP contribution in [0.25, 0.3) is 0 Å². The third-order valence-corrected chi connectivity index (χ3v) is 4.81. The molecule has 0 heterocycles. The second-order valence-electron chi connectivity index (χ2n) is 5.32. The zero-order valence-corrected chi connectivity index (χ0v) is 13.5. The molecule has 1 atom stereocenters. The van der Waals surface area contributed by atoms with E-state index >= 15 is 0 Å². The van der Waals surface area contributed by atoms with Gasteiger partial charge in [0.05, 0.1) is 6.61 Å². The molecule has 1 N–H and O–H groups in total. The number of ether oxygens (including phenoxy) is 1. The van der Waals surface area contributed by atoms with Gasteiger partial charge in [0, 0.05) is 0 Å². The number of benzene rings is 1. The van der Waals surface area contributed by atoms with Gasteiger partial charge < -0.3 is 9.84 Å². The van der Waals surface area contributed by atoms with Crippen molar-refractivity contribution in [3.63, 3.8) is 0 Å². The van der Waals surface area contributed by atoms with Crippen molar-refractivity contribution < 1.29 is 14.6 Å². The van der Waals surface area contributed by atoms with Gasteiger partial charge in [-0.15, -0.1) is 11.8 Å². The monoisotopic (exact) mass is 296 g/mol. The number of hydrogen-bond acceptors (Lipinski definition) is 3. The van der Waals surface area contributed by atoms with E-state index in [1.807, 2.05) is 26.0 Å². The molecule has 0 aliphatic heterocycles. The highest BCUT2D eigenvalue weighted by Crippen LogP contribution is 2.21. The van der Waals surface area contributed by atoms with E-state index in [-0.39, 0.29) is 11.2 Å². The van der Waals surface area contributed by atoms with Crippen LogP contribution in [0.3, 0.4) is 0 Å². The van der Waals surface area contributed by atoms with Gasteiger partial charge in [-0.3, -0.25) is 4.79 Å². The minimum atomic E-state index is -0.722. The minimum absolute atomic E-state index is 0.151. The van der Waals surface area contributed by atoms with E-state index in [2.05, 4.69) is 19.9 Å². The Morgan fingerprint density at radius 3 is 2.55 bits per heavy atom. The van der Waals surface area contributed by atoms with Gasteiger partial charge in [0.25, 0.3) is 0 Å². The van der Waals surface area contributed by atoms with Crippen LogP contribution in [0.5, 0.6) is 5.75 Å². The predicted molar refractivity (Wildman–Crippen MR) is 84.7 cm³/mol. The summed E-state index contributed by atoms with van der Waals surface area (Å²) in [5.41, 5.74) is 2.48. The first-order valence-corrected chi connectivity index (χ1v) is 8.01. The summed E-state index contributed by atoms with van der Waals surface area (Å²) in [6.45, 7) is 8.65. The number of carbonyl (C=O) groups is 1. The number of rotatable bonds is 8. The summed E-state index contributed by atoms with van der Waals surface area (Å²) in [4.78, 5) is 11.0. The Morgan fingerprint density at radius 2 is 2.00 bits per heavy atom. The summed E-state index contributed by atoms with van der Waals surface area (Å²) in [6.07, 6.45) is 0.855. The molecule has 1 rings (SSSR count). The van der Waals surface area contributed by atoms with Gasteiger partial charge in [-0.1, -0.05) is 19.9 Å². The molecule has 0 aliphatic carbocycles. The van der Waals surface area contributed by atoms with Gasteiger partial charge in [0.1, 0.15) is 11.0 Å². The normalized spacial score (nSPS) is 12.4. The van der Waals surface area contributed by atoms with Crippen molar-refractivity contribution in [3.05, 3.63) is 29.3 Å². The van der Waals surface area contributed by atoms with E-state index in [0.29, 0.717) is 6.61 Å². The van der Waals surface area contributed by atoms with Crippen molar-refractivity contribution in [1.29, 1.82) is 0 Å². The molecule has 1 aromatic rings. The summed E-state index contributed by atoms with van der Waals surface area (Å²) in [7, 11) is 0. The Bertz CT molecular complexity index is 443. The molecule has 0 spiro atoms. The van der Waals surface area contributed by atoms with Crippen LogP contribution in [0.15, 0.2) is 18.2 Å². The summed E-state index contributed by atoms with van der Waals surface area (Å²) in [5, 5.41) is 8.76. The fourth-order valence-electron chi connectivity index (χ4n) is 1.81. The Balaban J connectivity index is 2.28. The highest BCUT2D eigenvalue weighted by atomic mass is 32.2. The number of carboxylic acids is 1. The van der Waals surface area contributed by atoms with E-state index < -0.39 is 5.97 Å². The molecular formula is C16H24O3S. The highest BCUT2D eigenvalue weighted by Gasteiger charge is 2.21. The molecule has 0 saturated carbocycles. The average Bonchev–Trinajstić information content (AvgIpc) is 2.36. The van der Waals surface area contributed by atoms with Crippen LogP contribution in [-0.2, 0) is 4.79 Å². The lowest BCUT2D eigenvalue weighted by Crippen LogP contribution is -2.23. The maximum atomic E-state index is 11.0. The molecule has 3 nitrogen and oxygen atoms in total. The van der Waals surface area contributed by atoms with Gasteiger partial charge in [-0.05, 0) is 55.2 Å². The average molecular weight is 296 g/mol. The second-order valence-corrected chi connectivity index (χ2v) is 6.57. The summed E-state index contributed by atoms with van der Waals surface area (Å²) in [6, 6.07) is 6.07. The lowest BCUT2D eigenvalue weighted by molar-refractivity contribution is -0.137. The predicted octanol–water partition coefficient (Wildman–Crippen LogP) is 3.91. The molecule has 0 aromatic heterocycles. The molecule has 20 heavy (non-hydrogen) atoms. The largest absolute Gasteiger partial charge is 0.494 e. The number of carboxylic acid groups (broad SMARTS) is 1. The van der Waals surface area contributed by atoms with Crippen molar-refractivity contribution in [2.75, 3.05) is 12.4 Å². The van der Waals surface area contributed by atoms with Gasteiger partial charge in [-0.25, -0.2) is 0 Å². The van der Waals surface area contributed by atoms with E-state index in [0.717, 1.165) is 17.9 Å². The first-order chi connectivity index (χ1) is 9.41. The molecular weight excluding hydrogens is 272 g/mol. The van der Waals surface area contributed by atoms with E-state index in [1.165, 1.54) is 22.9 Å². The second kappa shape index (κ2) is 8.20. The molecule has 112 valence electrons. The number of thioether (sulfide) groups is 1. The zero-order chi connectivity index (χ0) is 15.1. The van der Waals surface area contributed by atoms with Gasteiger partial charge in [0.2, 0.25) is 0 Å².